The molecule has 0 radical (unpaired) electrons. The van der Waals surface area contributed by atoms with Gasteiger partial charge in [0.2, 0.25) is 0 Å². The highest BCUT2D eigenvalue weighted by atomic mass is 19.1. The van der Waals surface area contributed by atoms with Crippen LogP contribution in [0.3, 0.4) is 0 Å². The van der Waals surface area contributed by atoms with Crippen LogP contribution in [0.25, 0.3) is 12.2 Å². The Labute approximate surface area is 139 Å². The molecule has 0 bridgehead atoms. The maximum absolute atomic E-state index is 13.0. The van der Waals surface area contributed by atoms with Crippen molar-refractivity contribution >= 4 is 17.9 Å². The highest BCUT2D eigenvalue weighted by Gasteiger charge is 2.23. The number of rotatable bonds is 2. The predicted molar refractivity (Wildman–Crippen MR) is 91.3 cm³/mol. The van der Waals surface area contributed by atoms with E-state index in [-0.39, 0.29) is 17.4 Å². The van der Waals surface area contributed by atoms with Gasteiger partial charge in [0.25, 0.3) is 0 Å². The molecule has 0 atom stereocenters. The molecule has 0 aromatic heterocycles. The van der Waals surface area contributed by atoms with E-state index in [2.05, 4.69) is 0 Å². The van der Waals surface area contributed by atoms with Gasteiger partial charge >= 0.3 is 0 Å². The van der Waals surface area contributed by atoms with Crippen LogP contribution in [-0.4, -0.2) is 30.8 Å². The molecule has 1 heterocycles. The average Bonchev–Trinajstić information content (AvgIpc) is 2.56. The monoisotopic (exact) mass is 325 g/mol. The van der Waals surface area contributed by atoms with Crippen molar-refractivity contribution in [2.45, 2.75) is 0 Å². The fraction of sp³-hybridized carbons (Fsp3) is 0.150. The lowest BCUT2D eigenvalue weighted by atomic mass is 9.94. The zero-order chi connectivity index (χ0) is 17.1. The summed E-state index contributed by atoms with van der Waals surface area (Å²) in [4.78, 5) is 14.7. The standard InChI is InChI=1S/C20H17F2NO/c1-23-12-16(10-14-2-6-18(21)7-3-14)20(24)17(13-23)11-15-4-8-19(22)9-5-15/h2-11H,12-13H2,1H3/b16-10-,17-11-. The van der Waals surface area contributed by atoms with Crippen LogP contribution < -0.4 is 0 Å². The number of benzene rings is 2. The molecule has 1 aliphatic rings. The van der Waals surface area contributed by atoms with E-state index in [1.807, 2.05) is 11.9 Å². The number of carbonyl (C=O) groups excluding carboxylic acids is 1. The molecule has 2 aromatic carbocycles. The number of halogens is 2. The lowest BCUT2D eigenvalue weighted by Crippen LogP contribution is -2.34. The Bertz CT molecular complexity index is 737. The minimum atomic E-state index is -0.305. The molecule has 2 aromatic rings. The highest BCUT2D eigenvalue weighted by Crippen LogP contribution is 2.21. The zero-order valence-electron chi connectivity index (χ0n) is 13.3. The zero-order valence-corrected chi connectivity index (χ0v) is 13.3. The van der Waals surface area contributed by atoms with Gasteiger partial charge < -0.3 is 0 Å². The minimum absolute atomic E-state index is 0.0262. The summed E-state index contributed by atoms with van der Waals surface area (Å²) < 4.78 is 26.0. The summed E-state index contributed by atoms with van der Waals surface area (Å²) >= 11 is 0. The van der Waals surface area contributed by atoms with Gasteiger partial charge in [0.15, 0.2) is 5.78 Å². The van der Waals surface area contributed by atoms with E-state index in [4.69, 9.17) is 0 Å². The maximum atomic E-state index is 13.0. The Kier molecular flexibility index (Phi) is 4.67. The van der Waals surface area contributed by atoms with Crippen molar-refractivity contribution in [3.63, 3.8) is 0 Å². The summed E-state index contributed by atoms with van der Waals surface area (Å²) in [5.74, 6) is -0.635. The van der Waals surface area contributed by atoms with Crippen LogP contribution in [0, 0.1) is 11.6 Å². The van der Waals surface area contributed by atoms with Crippen LogP contribution >= 0.6 is 0 Å². The first-order chi connectivity index (χ1) is 11.5. The van der Waals surface area contributed by atoms with Crippen molar-refractivity contribution in [1.82, 2.24) is 4.90 Å². The van der Waals surface area contributed by atoms with Crippen molar-refractivity contribution in [3.8, 4) is 0 Å². The SMILES string of the molecule is CN1C/C(=C/c2ccc(F)cc2)C(=O)/C(=C\c2ccc(F)cc2)C1. The number of hydrogen-bond acceptors (Lipinski definition) is 2. The molecule has 3 rings (SSSR count). The van der Waals surface area contributed by atoms with E-state index in [1.54, 1.807) is 36.4 Å². The largest absolute Gasteiger partial charge is 0.298 e. The quantitative estimate of drug-likeness (QED) is 0.779. The first-order valence-corrected chi connectivity index (χ1v) is 7.67. The van der Waals surface area contributed by atoms with Crippen LogP contribution in [0.5, 0.6) is 0 Å². The lowest BCUT2D eigenvalue weighted by Gasteiger charge is -2.26. The summed E-state index contributed by atoms with van der Waals surface area (Å²) in [6.07, 6.45) is 3.58. The summed E-state index contributed by atoms with van der Waals surface area (Å²) in [5, 5.41) is 0. The Hall–Kier alpha value is -2.59. The van der Waals surface area contributed by atoms with Gasteiger partial charge in [-0.2, -0.15) is 0 Å². The molecule has 1 aliphatic heterocycles. The average molecular weight is 325 g/mol. The Morgan fingerprint density at radius 3 is 1.54 bits per heavy atom. The molecule has 122 valence electrons. The second kappa shape index (κ2) is 6.89. The molecular weight excluding hydrogens is 308 g/mol. The number of piperidine rings is 1. The topological polar surface area (TPSA) is 20.3 Å². The van der Waals surface area contributed by atoms with Gasteiger partial charge in [0.05, 0.1) is 0 Å². The van der Waals surface area contributed by atoms with Gasteiger partial charge in [-0.3, -0.25) is 9.69 Å². The third kappa shape index (κ3) is 3.84. The summed E-state index contributed by atoms with van der Waals surface area (Å²) in [5.41, 5.74) is 2.89. The third-order valence-electron chi connectivity index (χ3n) is 3.89. The van der Waals surface area contributed by atoms with E-state index in [0.29, 0.717) is 24.2 Å². The van der Waals surface area contributed by atoms with Crippen molar-refractivity contribution in [1.29, 1.82) is 0 Å². The van der Waals surface area contributed by atoms with Gasteiger partial charge in [-0.05, 0) is 54.6 Å². The smallest absolute Gasteiger partial charge is 0.187 e. The van der Waals surface area contributed by atoms with Crippen molar-refractivity contribution in [2.24, 2.45) is 0 Å². The summed E-state index contributed by atoms with van der Waals surface area (Å²) in [6.45, 7) is 1.08. The molecule has 0 N–H and O–H groups in total. The number of hydrogen-bond donors (Lipinski definition) is 0. The molecule has 2 nitrogen and oxygen atoms in total. The normalized spacial score (nSPS) is 19.2. The fourth-order valence-corrected chi connectivity index (χ4v) is 2.73. The Morgan fingerprint density at radius 2 is 1.17 bits per heavy atom. The van der Waals surface area contributed by atoms with E-state index in [1.165, 1.54) is 24.3 Å². The Balaban J connectivity index is 1.90. The van der Waals surface area contributed by atoms with Gasteiger partial charge in [-0.25, -0.2) is 8.78 Å². The van der Waals surface area contributed by atoms with Crippen molar-refractivity contribution in [2.75, 3.05) is 20.1 Å². The first kappa shape index (κ1) is 16.3. The van der Waals surface area contributed by atoms with E-state index in [0.717, 1.165) is 11.1 Å². The van der Waals surface area contributed by atoms with Gasteiger partial charge in [-0.15, -0.1) is 0 Å². The summed E-state index contributed by atoms with van der Waals surface area (Å²) in [6, 6.07) is 12.1. The molecule has 0 amide bonds. The highest BCUT2D eigenvalue weighted by molar-refractivity contribution is 6.14. The van der Waals surface area contributed by atoms with Crippen LogP contribution in [0.15, 0.2) is 59.7 Å². The van der Waals surface area contributed by atoms with Gasteiger partial charge in [-0.1, -0.05) is 24.3 Å². The fourth-order valence-electron chi connectivity index (χ4n) is 2.73. The molecule has 24 heavy (non-hydrogen) atoms. The summed E-state index contributed by atoms with van der Waals surface area (Å²) in [7, 11) is 1.93. The lowest BCUT2D eigenvalue weighted by molar-refractivity contribution is -0.113. The van der Waals surface area contributed by atoms with Crippen LogP contribution in [0.2, 0.25) is 0 Å². The second-order valence-electron chi connectivity index (χ2n) is 5.94. The predicted octanol–water partition coefficient (Wildman–Crippen LogP) is 3.95. The molecule has 0 unspecified atom stereocenters. The number of Topliss-reactive ketones (excluding diaryl/α,β-unsaturated/α-hetero) is 1. The third-order valence-corrected chi connectivity index (χ3v) is 3.89. The molecule has 0 spiro atoms. The molecule has 0 saturated carbocycles. The van der Waals surface area contributed by atoms with Crippen molar-refractivity contribution < 1.29 is 13.6 Å². The van der Waals surface area contributed by atoms with Gasteiger partial charge in [0.1, 0.15) is 11.6 Å². The van der Waals surface area contributed by atoms with E-state index < -0.39 is 0 Å². The first-order valence-electron chi connectivity index (χ1n) is 7.67. The number of carbonyl (C=O) groups is 1. The van der Waals surface area contributed by atoms with Crippen molar-refractivity contribution in [3.05, 3.63) is 82.4 Å². The molecular formula is C20H17F2NO. The van der Waals surface area contributed by atoms with Crippen LogP contribution in [-0.2, 0) is 4.79 Å². The minimum Gasteiger partial charge on any atom is -0.298 e. The molecule has 1 fully saturated rings. The second-order valence-corrected chi connectivity index (χ2v) is 5.94. The van der Waals surface area contributed by atoms with Gasteiger partial charge in [0, 0.05) is 24.2 Å². The van der Waals surface area contributed by atoms with E-state index in [9.17, 15) is 13.6 Å². The number of nitrogens with zero attached hydrogens (tertiary/aromatic N) is 1. The molecule has 4 heteroatoms. The van der Waals surface area contributed by atoms with Crippen LogP contribution in [0.1, 0.15) is 11.1 Å². The number of likely N-dealkylation sites (tertiary alicyclic amines) is 1. The molecule has 1 saturated heterocycles. The van der Waals surface area contributed by atoms with E-state index >= 15 is 0 Å². The number of likely N-dealkylation sites (N-methyl/N-ethyl adjacent to an activating group) is 1. The molecule has 0 aliphatic carbocycles. The number of ketones is 1. The van der Waals surface area contributed by atoms with Crippen LogP contribution in [0.4, 0.5) is 8.78 Å². The Morgan fingerprint density at radius 1 is 0.792 bits per heavy atom. The maximum Gasteiger partial charge on any atom is 0.187 e.